The predicted molar refractivity (Wildman–Crippen MR) is 137 cm³/mol. The van der Waals surface area contributed by atoms with Crippen LogP contribution in [0.5, 0.6) is 0 Å². The second-order valence-electron chi connectivity index (χ2n) is 9.48. The van der Waals surface area contributed by atoms with Crippen molar-refractivity contribution < 1.29 is 29.9 Å². The van der Waals surface area contributed by atoms with Crippen LogP contribution >= 0.6 is 11.8 Å². The van der Waals surface area contributed by atoms with Crippen LogP contribution < -0.4 is 0 Å². The third kappa shape index (κ3) is 15.0. The van der Waals surface area contributed by atoms with Crippen molar-refractivity contribution in [3.8, 4) is 0 Å². The lowest BCUT2D eigenvalue weighted by Gasteiger charge is -2.39. The zero-order valence-electron chi connectivity index (χ0n) is 21.0. The van der Waals surface area contributed by atoms with Crippen LogP contribution in [-0.4, -0.2) is 75.9 Å². The standard InChI is InChI=1S/C26H52O6S/c1-2-3-4-5-6-7-8-9-10-11-12-13-14-15-16-17-19-33-20-18-31-26-25(30)24(29)23(28)22(21-27)32-26/h22-30H,2-21H2,1H3/t22-,23+,24+,25-,26-/m1/s1. The third-order valence-electron chi connectivity index (χ3n) is 6.50. The molecule has 0 radical (unpaired) electrons. The maximum atomic E-state index is 9.93. The van der Waals surface area contributed by atoms with Crippen molar-refractivity contribution in [1.29, 1.82) is 0 Å². The molecule has 1 rings (SSSR count). The van der Waals surface area contributed by atoms with Gasteiger partial charge in [0, 0.05) is 5.75 Å². The minimum atomic E-state index is -1.38. The lowest BCUT2D eigenvalue weighted by Crippen LogP contribution is -2.59. The van der Waals surface area contributed by atoms with Gasteiger partial charge in [0.25, 0.3) is 0 Å². The molecule has 198 valence electrons. The molecule has 6 nitrogen and oxygen atoms in total. The van der Waals surface area contributed by atoms with Gasteiger partial charge in [0.05, 0.1) is 13.2 Å². The first-order chi connectivity index (χ1) is 16.1. The SMILES string of the molecule is CCCCCCCCCCCCCCCCCCSCCO[C@@H]1O[C@H](CO)[C@H](O)[C@H](O)[C@H]1O. The summed E-state index contributed by atoms with van der Waals surface area (Å²) in [6, 6.07) is 0. The van der Waals surface area contributed by atoms with E-state index in [4.69, 9.17) is 9.47 Å². The maximum Gasteiger partial charge on any atom is 0.186 e. The number of aliphatic hydroxyl groups is 4. The van der Waals surface area contributed by atoms with Crippen molar-refractivity contribution >= 4 is 11.8 Å². The van der Waals surface area contributed by atoms with Gasteiger partial charge < -0.3 is 29.9 Å². The molecule has 1 fully saturated rings. The molecular formula is C26H52O6S. The number of thioether (sulfide) groups is 1. The molecule has 0 aliphatic carbocycles. The summed E-state index contributed by atoms with van der Waals surface area (Å²) in [6.45, 7) is 2.24. The highest BCUT2D eigenvalue weighted by molar-refractivity contribution is 7.99. The van der Waals surface area contributed by atoms with E-state index >= 15 is 0 Å². The summed E-state index contributed by atoms with van der Waals surface area (Å²) in [7, 11) is 0. The van der Waals surface area contributed by atoms with Gasteiger partial charge in [0.15, 0.2) is 6.29 Å². The van der Waals surface area contributed by atoms with Crippen LogP contribution in [0.15, 0.2) is 0 Å². The number of hydrogen-bond donors (Lipinski definition) is 4. The summed E-state index contributed by atoms with van der Waals surface area (Å²) in [6.07, 6.45) is 16.1. The number of ether oxygens (including phenoxy) is 2. The van der Waals surface area contributed by atoms with E-state index in [9.17, 15) is 20.4 Å². The van der Waals surface area contributed by atoms with Gasteiger partial charge in [-0.1, -0.05) is 103 Å². The van der Waals surface area contributed by atoms with Gasteiger partial charge in [0.1, 0.15) is 24.4 Å². The summed E-state index contributed by atoms with van der Waals surface area (Å²) in [5.41, 5.74) is 0. The fourth-order valence-electron chi connectivity index (χ4n) is 4.28. The van der Waals surface area contributed by atoms with Crippen molar-refractivity contribution in [2.24, 2.45) is 0 Å². The molecule has 1 aliphatic rings. The molecule has 0 aromatic rings. The number of hydrogen-bond acceptors (Lipinski definition) is 7. The predicted octanol–water partition coefficient (Wildman–Crippen LogP) is 4.80. The molecule has 0 spiro atoms. The number of rotatable bonds is 22. The molecular weight excluding hydrogens is 440 g/mol. The number of aliphatic hydroxyl groups excluding tert-OH is 4. The molecule has 0 saturated carbocycles. The van der Waals surface area contributed by atoms with E-state index in [-0.39, 0.29) is 0 Å². The first kappa shape index (κ1) is 31.1. The molecule has 1 heterocycles. The first-order valence-electron chi connectivity index (χ1n) is 13.6. The van der Waals surface area contributed by atoms with E-state index in [0.29, 0.717) is 6.61 Å². The normalized spacial score (nSPS) is 25.5. The molecule has 4 N–H and O–H groups in total. The Hall–Kier alpha value is 0.110. The molecule has 0 bridgehead atoms. The zero-order valence-corrected chi connectivity index (χ0v) is 21.9. The summed E-state index contributed by atoms with van der Waals surface area (Å²) >= 11 is 1.81. The summed E-state index contributed by atoms with van der Waals surface area (Å²) in [5, 5.41) is 38.6. The monoisotopic (exact) mass is 492 g/mol. The zero-order chi connectivity index (χ0) is 24.2. The topological polar surface area (TPSA) is 99.4 Å². The summed E-state index contributed by atoms with van der Waals surface area (Å²) in [5.74, 6) is 1.88. The Kier molecular flexibility index (Phi) is 20.2. The molecule has 5 atom stereocenters. The highest BCUT2D eigenvalue weighted by Crippen LogP contribution is 2.22. The quantitative estimate of drug-likeness (QED) is 0.161. The molecule has 33 heavy (non-hydrogen) atoms. The third-order valence-corrected chi connectivity index (χ3v) is 7.53. The highest BCUT2D eigenvalue weighted by Gasteiger charge is 2.43. The van der Waals surface area contributed by atoms with Crippen LogP contribution in [0.25, 0.3) is 0 Å². The minimum Gasteiger partial charge on any atom is -0.394 e. The largest absolute Gasteiger partial charge is 0.394 e. The van der Waals surface area contributed by atoms with E-state index in [1.54, 1.807) is 0 Å². The maximum absolute atomic E-state index is 9.93. The molecule has 1 saturated heterocycles. The molecule has 0 aromatic carbocycles. The van der Waals surface area contributed by atoms with Crippen LogP contribution in [0, 0.1) is 0 Å². The van der Waals surface area contributed by atoms with Gasteiger partial charge >= 0.3 is 0 Å². The average molecular weight is 493 g/mol. The Morgan fingerprint density at radius 1 is 0.636 bits per heavy atom. The summed E-state index contributed by atoms with van der Waals surface area (Å²) in [4.78, 5) is 0. The Bertz CT molecular complexity index is 426. The van der Waals surface area contributed by atoms with Gasteiger partial charge in [-0.05, 0) is 12.2 Å². The van der Waals surface area contributed by atoms with E-state index in [2.05, 4.69) is 6.92 Å². The van der Waals surface area contributed by atoms with Gasteiger partial charge in [0.2, 0.25) is 0 Å². The van der Waals surface area contributed by atoms with E-state index in [1.807, 2.05) is 11.8 Å². The lowest BCUT2D eigenvalue weighted by molar-refractivity contribution is -0.299. The molecule has 1 aliphatic heterocycles. The van der Waals surface area contributed by atoms with Crippen molar-refractivity contribution in [3.63, 3.8) is 0 Å². The Morgan fingerprint density at radius 3 is 1.61 bits per heavy atom. The van der Waals surface area contributed by atoms with Crippen molar-refractivity contribution in [2.75, 3.05) is 24.7 Å². The Labute approximate surface area is 206 Å². The van der Waals surface area contributed by atoms with E-state index in [0.717, 1.165) is 11.5 Å². The molecule has 7 heteroatoms. The minimum absolute atomic E-state index is 0.395. The van der Waals surface area contributed by atoms with Gasteiger partial charge in [-0.15, -0.1) is 0 Å². The second-order valence-corrected chi connectivity index (χ2v) is 10.7. The van der Waals surface area contributed by atoms with Gasteiger partial charge in [-0.2, -0.15) is 11.8 Å². The van der Waals surface area contributed by atoms with Crippen LogP contribution in [0.2, 0.25) is 0 Å². The van der Waals surface area contributed by atoms with Gasteiger partial charge in [-0.3, -0.25) is 0 Å². The van der Waals surface area contributed by atoms with Crippen molar-refractivity contribution in [1.82, 2.24) is 0 Å². The average Bonchev–Trinajstić information content (AvgIpc) is 2.82. The van der Waals surface area contributed by atoms with Crippen molar-refractivity contribution in [3.05, 3.63) is 0 Å². The Morgan fingerprint density at radius 2 is 1.12 bits per heavy atom. The van der Waals surface area contributed by atoms with Crippen molar-refractivity contribution in [2.45, 2.75) is 140 Å². The van der Waals surface area contributed by atoms with Crippen LogP contribution in [0.1, 0.15) is 110 Å². The van der Waals surface area contributed by atoms with Crippen LogP contribution in [-0.2, 0) is 9.47 Å². The lowest BCUT2D eigenvalue weighted by atomic mass is 9.99. The fraction of sp³-hybridized carbons (Fsp3) is 1.00. The molecule has 0 unspecified atom stereocenters. The molecule has 0 aromatic heterocycles. The summed E-state index contributed by atoms with van der Waals surface area (Å²) < 4.78 is 10.8. The van der Waals surface area contributed by atoms with Crippen LogP contribution in [0.3, 0.4) is 0 Å². The second kappa shape index (κ2) is 21.4. The highest BCUT2D eigenvalue weighted by atomic mass is 32.2. The van der Waals surface area contributed by atoms with E-state index < -0.39 is 37.3 Å². The Balaban J connectivity index is 1.80. The van der Waals surface area contributed by atoms with Crippen LogP contribution in [0.4, 0.5) is 0 Å². The first-order valence-corrected chi connectivity index (χ1v) is 14.8. The number of unbranched alkanes of at least 4 members (excludes halogenated alkanes) is 15. The molecule has 0 amide bonds. The van der Waals surface area contributed by atoms with E-state index in [1.165, 1.54) is 103 Å². The van der Waals surface area contributed by atoms with Gasteiger partial charge in [-0.25, -0.2) is 0 Å². The fourth-order valence-corrected chi connectivity index (χ4v) is 5.11. The smallest absolute Gasteiger partial charge is 0.186 e.